The molecule has 1 aliphatic heterocycles. The Labute approximate surface area is 150 Å². The molecule has 0 aliphatic carbocycles. The van der Waals surface area contributed by atoms with Crippen LogP contribution in [0.5, 0.6) is 0 Å². The molecule has 0 unspecified atom stereocenters. The van der Waals surface area contributed by atoms with Crippen LogP contribution in [-0.4, -0.2) is 42.4 Å². The second-order valence-electron chi connectivity index (χ2n) is 6.28. The molecule has 1 fully saturated rings. The summed E-state index contributed by atoms with van der Waals surface area (Å²) in [6.45, 7) is 4.39. The number of hydrogen-bond acceptors (Lipinski definition) is 7. The zero-order valence-corrected chi connectivity index (χ0v) is 14.6. The number of nitrogens with zero attached hydrogens (tertiary/aromatic N) is 6. The summed E-state index contributed by atoms with van der Waals surface area (Å²) in [7, 11) is 0. The van der Waals surface area contributed by atoms with E-state index in [4.69, 9.17) is 9.51 Å². The van der Waals surface area contributed by atoms with Crippen LogP contribution in [0.15, 0.2) is 35.5 Å². The molecule has 0 aromatic carbocycles. The van der Waals surface area contributed by atoms with Crippen molar-refractivity contribution in [1.82, 2.24) is 30.0 Å². The number of aromatic nitrogens is 5. The van der Waals surface area contributed by atoms with E-state index in [1.54, 1.807) is 23.5 Å². The van der Waals surface area contributed by atoms with Crippen LogP contribution in [0.2, 0.25) is 0 Å². The molecule has 8 heteroatoms. The molecule has 26 heavy (non-hydrogen) atoms. The minimum Gasteiger partial charge on any atom is -0.361 e. The van der Waals surface area contributed by atoms with Crippen LogP contribution in [0.4, 0.5) is 0 Å². The highest BCUT2D eigenvalue weighted by atomic mass is 16.5. The molecule has 3 aromatic heterocycles. The maximum absolute atomic E-state index is 12.8. The van der Waals surface area contributed by atoms with Gasteiger partial charge in [-0.2, -0.15) is 0 Å². The van der Waals surface area contributed by atoms with Crippen molar-refractivity contribution in [3.63, 3.8) is 0 Å². The minimum atomic E-state index is -0.134. The molecule has 0 N–H and O–H groups in total. The first-order chi connectivity index (χ1) is 12.6. The molecular weight excluding hydrogens is 332 g/mol. The minimum absolute atomic E-state index is 0.127. The summed E-state index contributed by atoms with van der Waals surface area (Å²) in [5, 5.41) is 3.98. The predicted molar refractivity (Wildman–Crippen MR) is 92.0 cm³/mol. The lowest BCUT2D eigenvalue weighted by Gasteiger charge is -2.23. The number of rotatable bonds is 3. The van der Waals surface area contributed by atoms with Crippen molar-refractivity contribution in [2.24, 2.45) is 0 Å². The molecule has 4 rings (SSSR count). The van der Waals surface area contributed by atoms with Crippen molar-refractivity contribution in [1.29, 1.82) is 0 Å². The van der Waals surface area contributed by atoms with Gasteiger partial charge in [0.05, 0.1) is 47.3 Å². The third-order valence-corrected chi connectivity index (χ3v) is 4.58. The zero-order chi connectivity index (χ0) is 18.1. The summed E-state index contributed by atoms with van der Waals surface area (Å²) in [5.41, 5.74) is 3.43. The molecule has 1 atom stereocenters. The van der Waals surface area contributed by atoms with Gasteiger partial charge in [-0.05, 0) is 26.7 Å². The Morgan fingerprint density at radius 2 is 2.08 bits per heavy atom. The fraction of sp³-hybridized carbons (Fsp3) is 0.333. The topological polar surface area (TPSA) is 97.9 Å². The Balaban J connectivity index is 1.67. The summed E-state index contributed by atoms with van der Waals surface area (Å²) < 4.78 is 5.23. The van der Waals surface area contributed by atoms with Crippen LogP contribution in [0.25, 0.3) is 11.3 Å². The van der Waals surface area contributed by atoms with Crippen LogP contribution in [0.1, 0.15) is 46.5 Å². The quantitative estimate of drug-likeness (QED) is 0.716. The molecule has 1 aliphatic rings. The van der Waals surface area contributed by atoms with Crippen molar-refractivity contribution in [2.45, 2.75) is 32.7 Å². The maximum Gasteiger partial charge on any atom is 0.274 e. The molecule has 0 radical (unpaired) electrons. The maximum atomic E-state index is 12.8. The van der Waals surface area contributed by atoms with E-state index in [-0.39, 0.29) is 11.9 Å². The van der Waals surface area contributed by atoms with E-state index in [1.807, 2.05) is 13.8 Å². The Kier molecular flexibility index (Phi) is 4.16. The highest BCUT2D eigenvalue weighted by molar-refractivity contribution is 5.92. The van der Waals surface area contributed by atoms with Crippen LogP contribution in [-0.2, 0) is 0 Å². The summed E-state index contributed by atoms with van der Waals surface area (Å²) in [6, 6.07) is -0.127. The summed E-state index contributed by atoms with van der Waals surface area (Å²) in [4.78, 5) is 31.8. The first-order valence-corrected chi connectivity index (χ1v) is 8.47. The third-order valence-electron chi connectivity index (χ3n) is 4.58. The van der Waals surface area contributed by atoms with E-state index < -0.39 is 0 Å². The van der Waals surface area contributed by atoms with Gasteiger partial charge in [-0.3, -0.25) is 14.8 Å². The molecule has 0 spiro atoms. The molecule has 3 aromatic rings. The molecule has 1 saturated heterocycles. The standard InChI is InChI=1S/C18H18N6O2/c1-11-17(12(2)26-23-11)14-9-20-8-13(22-14)16-4-3-7-24(16)18(25)15-10-19-5-6-21-15/h5-6,8-10,16H,3-4,7H2,1-2H3/t16-/m0/s1. The third kappa shape index (κ3) is 2.83. The number of hydrogen-bond donors (Lipinski definition) is 0. The summed E-state index contributed by atoms with van der Waals surface area (Å²) >= 11 is 0. The fourth-order valence-electron chi connectivity index (χ4n) is 3.38. The van der Waals surface area contributed by atoms with Gasteiger partial charge < -0.3 is 9.42 Å². The van der Waals surface area contributed by atoms with Gasteiger partial charge in [-0.25, -0.2) is 9.97 Å². The Morgan fingerprint density at radius 1 is 1.19 bits per heavy atom. The number of likely N-dealkylation sites (tertiary alicyclic amines) is 1. The van der Waals surface area contributed by atoms with E-state index in [2.05, 4.69) is 20.1 Å². The van der Waals surface area contributed by atoms with E-state index in [9.17, 15) is 4.79 Å². The lowest BCUT2D eigenvalue weighted by Crippen LogP contribution is -2.31. The molecule has 1 amide bonds. The summed E-state index contributed by atoms with van der Waals surface area (Å²) in [6.07, 6.45) is 9.73. The van der Waals surface area contributed by atoms with Crippen molar-refractivity contribution in [3.8, 4) is 11.3 Å². The normalized spacial score (nSPS) is 16.8. The van der Waals surface area contributed by atoms with Crippen LogP contribution < -0.4 is 0 Å². The van der Waals surface area contributed by atoms with Gasteiger partial charge in [-0.1, -0.05) is 5.16 Å². The van der Waals surface area contributed by atoms with Crippen LogP contribution >= 0.6 is 0 Å². The molecule has 8 nitrogen and oxygen atoms in total. The van der Waals surface area contributed by atoms with Gasteiger partial charge >= 0.3 is 0 Å². The molecule has 132 valence electrons. The Morgan fingerprint density at radius 3 is 2.81 bits per heavy atom. The Hall–Kier alpha value is -3.16. The van der Waals surface area contributed by atoms with E-state index in [0.717, 1.165) is 29.8 Å². The van der Waals surface area contributed by atoms with E-state index >= 15 is 0 Å². The van der Waals surface area contributed by atoms with Crippen molar-refractivity contribution in [3.05, 3.63) is 53.8 Å². The largest absolute Gasteiger partial charge is 0.361 e. The first-order valence-electron chi connectivity index (χ1n) is 8.47. The van der Waals surface area contributed by atoms with Gasteiger partial charge in [0.1, 0.15) is 11.5 Å². The highest BCUT2D eigenvalue weighted by Crippen LogP contribution is 2.33. The van der Waals surface area contributed by atoms with Crippen molar-refractivity contribution < 1.29 is 9.32 Å². The van der Waals surface area contributed by atoms with Gasteiger partial charge in [-0.15, -0.1) is 0 Å². The summed E-state index contributed by atoms with van der Waals surface area (Å²) in [5.74, 6) is 0.568. The highest BCUT2D eigenvalue weighted by Gasteiger charge is 2.32. The van der Waals surface area contributed by atoms with Crippen molar-refractivity contribution >= 4 is 5.91 Å². The number of amides is 1. The van der Waals surface area contributed by atoms with E-state index in [1.165, 1.54) is 12.4 Å². The van der Waals surface area contributed by atoms with Crippen molar-refractivity contribution in [2.75, 3.05) is 6.54 Å². The lowest BCUT2D eigenvalue weighted by molar-refractivity contribution is 0.0726. The average Bonchev–Trinajstić information content (AvgIpc) is 3.29. The lowest BCUT2D eigenvalue weighted by atomic mass is 10.1. The fourth-order valence-corrected chi connectivity index (χ4v) is 3.38. The monoisotopic (exact) mass is 350 g/mol. The smallest absolute Gasteiger partial charge is 0.274 e. The number of carbonyl (C=O) groups excluding carboxylic acids is 1. The Bertz CT molecular complexity index is 920. The second-order valence-corrected chi connectivity index (χ2v) is 6.28. The molecule has 4 heterocycles. The van der Waals surface area contributed by atoms with Gasteiger partial charge in [0.25, 0.3) is 5.91 Å². The zero-order valence-electron chi connectivity index (χ0n) is 14.6. The molecular formula is C18H18N6O2. The van der Waals surface area contributed by atoms with Crippen LogP contribution in [0.3, 0.4) is 0 Å². The molecule has 0 bridgehead atoms. The number of carbonyl (C=O) groups is 1. The van der Waals surface area contributed by atoms with Gasteiger partial charge in [0, 0.05) is 18.9 Å². The second kappa shape index (κ2) is 6.62. The average molecular weight is 350 g/mol. The molecule has 0 saturated carbocycles. The number of aryl methyl sites for hydroxylation is 2. The van der Waals surface area contributed by atoms with Gasteiger partial charge in [0.2, 0.25) is 0 Å². The van der Waals surface area contributed by atoms with Crippen LogP contribution in [0, 0.1) is 13.8 Å². The van der Waals surface area contributed by atoms with E-state index in [0.29, 0.717) is 23.7 Å². The SMILES string of the molecule is Cc1noc(C)c1-c1cncc([C@@H]2CCCN2C(=O)c2cnccn2)n1. The first kappa shape index (κ1) is 16.3. The predicted octanol–water partition coefficient (Wildman–Crippen LogP) is 2.52. The van der Waals surface area contributed by atoms with Gasteiger partial charge in [0.15, 0.2) is 0 Å².